The summed E-state index contributed by atoms with van der Waals surface area (Å²) in [6.07, 6.45) is 13.4. The van der Waals surface area contributed by atoms with Crippen LogP contribution in [0.15, 0.2) is 82.4 Å². The fraction of sp³-hybridized carbons (Fsp3) is 0.105. The first-order valence-electron chi connectivity index (χ1n) is 7.77. The number of carboxylic acid groups (broad SMARTS) is 1. The molecule has 6 nitrogen and oxygen atoms in total. The van der Waals surface area contributed by atoms with Gasteiger partial charge in [-0.3, -0.25) is 4.99 Å². The first-order valence-corrected chi connectivity index (χ1v) is 7.77. The number of benzene rings is 1. The number of carboxylic acids is 1. The van der Waals surface area contributed by atoms with Crippen molar-refractivity contribution in [1.29, 1.82) is 0 Å². The number of hydrogen-bond donors (Lipinski definition) is 1. The lowest BCUT2D eigenvalue weighted by molar-refractivity contribution is -0.132. The standard InChI is InChI=1S/C19H17N3O3/c23-19(24)17-7-3-9-20-10-12-22-11-4-6-16(22)14-25-18-8-2-1-5-15(18)13-21-17/h1-10,13-14H,11-12H2,(H,23,24). The molecule has 25 heavy (non-hydrogen) atoms. The number of rotatable bonds is 1. The second kappa shape index (κ2) is 7.92. The number of ether oxygens (including phenoxy) is 1. The Morgan fingerprint density at radius 3 is 3.00 bits per heavy atom. The highest BCUT2D eigenvalue weighted by molar-refractivity contribution is 5.92. The smallest absolute Gasteiger partial charge is 0.354 e. The number of para-hydroxylation sites is 1. The average Bonchev–Trinajstić information content (AvgIpc) is 3.05. The average molecular weight is 335 g/mol. The lowest BCUT2D eigenvalue weighted by Crippen LogP contribution is -2.21. The molecule has 2 heterocycles. The van der Waals surface area contributed by atoms with Crippen LogP contribution in [-0.4, -0.2) is 41.5 Å². The van der Waals surface area contributed by atoms with Crippen LogP contribution in [0.1, 0.15) is 5.56 Å². The van der Waals surface area contributed by atoms with Crippen LogP contribution in [0.25, 0.3) is 0 Å². The Morgan fingerprint density at radius 1 is 1.24 bits per heavy atom. The third-order valence-corrected chi connectivity index (χ3v) is 3.60. The number of aliphatic carboxylic acids is 1. The van der Waals surface area contributed by atoms with Crippen molar-refractivity contribution in [2.75, 3.05) is 13.1 Å². The molecule has 0 unspecified atom stereocenters. The normalized spacial score (nSPS) is 16.9. The minimum atomic E-state index is -1.11. The molecule has 6 heteroatoms. The molecule has 1 N–H and O–H groups in total. The summed E-state index contributed by atoms with van der Waals surface area (Å²) in [5.41, 5.74) is 1.55. The van der Waals surface area contributed by atoms with Gasteiger partial charge in [0, 0.05) is 30.7 Å². The summed E-state index contributed by atoms with van der Waals surface area (Å²) in [4.78, 5) is 21.6. The van der Waals surface area contributed by atoms with Gasteiger partial charge < -0.3 is 14.7 Å². The SMILES string of the molecule is O=C(O)C1=CC=CN=CCN2CC=CC2=COc2ccccc2C=N1. The minimum absolute atomic E-state index is 0.0852. The molecular formula is C19H17N3O3. The molecule has 0 radical (unpaired) electrons. The molecule has 126 valence electrons. The maximum Gasteiger partial charge on any atom is 0.354 e. The molecule has 0 aromatic heterocycles. The molecule has 1 aromatic carbocycles. The Balaban J connectivity index is 1.98. The number of aliphatic imine (C=N–C) groups is 2. The Hall–Kier alpha value is -3.41. The Bertz CT molecular complexity index is 832. The number of carbonyl (C=O) groups is 1. The first kappa shape index (κ1) is 16.4. The second-order valence-electron chi connectivity index (χ2n) is 5.29. The van der Waals surface area contributed by atoms with Gasteiger partial charge in [-0.05, 0) is 30.4 Å². The maximum atomic E-state index is 11.3. The summed E-state index contributed by atoms with van der Waals surface area (Å²) in [5, 5.41) is 9.24. The quantitative estimate of drug-likeness (QED) is 0.856. The van der Waals surface area contributed by atoms with E-state index in [-0.39, 0.29) is 5.70 Å². The van der Waals surface area contributed by atoms with E-state index in [0.717, 1.165) is 12.2 Å². The molecule has 0 amide bonds. The van der Waals surface area contributed by atoms with Crippen molar-refractivity contribution in [3.8, 4) is 5.75 Å². The Kier molecular flexibility index (Phi) is 5.21. The number of nitrogens with zero attached hydrogens (tertiary/aromatic N) is 3. The zero-order chi connectivity index (χ0) is 17.5. The summed E-state index contributed by atoms with van der Waals surface area (Å²) < 4.78 is 5.80. The van der Waals surface area contributed by atoms with E-state index in [0.29, 0.717) is 17.9 Å². The second-order valence-corrected chi connectivity index (χ2v) is 5.29. The molecule has 0 saturated carbocycles. The van der Waals surface area contributed by atoms with E-state index in [1.807, 2.05) is 30.3 Å². The predicted molar refractivity (Wildman–Crippen MR) is 96.8 cm³/mol. The van der Waals surface area contributed by atoms with Crippen molar-refractivity contribution in [3.05, 3.63) is 78.0 Å². The highest BCUT2D eigenvalue weighted by atomic mass is 16.5. The van der Waals surface area contributed by atoms with Gasteiger partial charge in [0.1, 0.15) is 17.7 Å². The number of allylic oxidation sites excluding steroid dienone is 3. The van der Waals surface area contributed by atoms with Gasteiger partial charge in [-0.15, -0.1) is 0 Å². The minimum Gasteiger partial charge on any atom is -0.477 e. The lowest BCUT2D eigenvalue weighted by Gasteiger charge is -2.17. The fourth-order valence-electron chi connectivity index (χ4n) is 2.32. The fourth-order valence-corrected chi connectivity index (χ4v) is 2.32. The van der Waals surface area contributed by atoms with Crippen molar-refractivity contribution < 1.29 is 14.6 Å². The number of hydrogen-bond acceptors (Lipinski definition) is 5. The van der Waals surface area contributed by atoms with Crippen LogP contribution in [-0.2, 0) is 4.79 Å². The van der Waals surface area contributed by atoms with E-state index in [1.54, 1.807) is 18.6 Å². The van der Waals surface area contributed by atoms with Crippen LogP contribution >= 0.6 is 0 Å². The third kappa shape index (κ3) is 4.32. The van der Waals surface area contributed by atoms with Gasteiger partial charge in [0.2, 0.25) is 0 Å². The van der Waals surface area contributed by atoms with Gasteiger partial charge in [0.15, 0.2) is 0 Å². The Labute approximate surface area is 145 Å². The first-order chi connectivity index (χ1) is 12.2. The summed E-state index contributed by atoms with van der Waals surface area (Å²) >= 11 is 0. The van der Waals surface area contributed by atoms with Gasteiger partial charge in [-0.1, -0.05) is 18.2 Å². The highest BCUT2D eigenvalue weighted by Crippen LogP contribution is 2.19. The van der Waals surface area contributed by atoms with Crippen LogP contribution in [0.3, 0.4) is 0 Å². The van der Waals surface area contributed by atoms with Gasteiger partial charge in [0.05, 0.1) is 12.2 Å². The summed E-state index contributed by atoms with van der Waals surface area (Å²) in [6, 6.07) is 7.32. The molecule has 1 aromatic rings. The molecular weight excluding hydrogens is 318 g/mol. The molecule has 0 aliphatic carbocycles. The summed E-state index contributed by atoms with van der Waals surface area (Å²) in [7, 11) is 0. The van der Waals surface area contributed by atoms with Crippen LogP contribution in [0.5, 0.6) is 5.75 Å². The molecule has 0 saturated heterocycles. The van der Waals surface area contributed by atoms with E-state index >= 15 is 0 Å². The predicted octanol–water partition coefficient (Wildman–Crippen LogP) is 2.76. The molecule has 2 aliphatic heterocycles. The molecule has 0 spiro atoms. The van der Waals surface area contributed by atoms with Crippen LogP contribution in [0, 0.1) is 0 Å². The molecule has 3 rings (SSSR count). The largest absolute Gasteiger partial charge is 0.477 e. The molecule has 0 bridgehead atoms. The lowest BCUT2D eigenvalue weighted by atomic mass is 10.2. The monoisotopic (exact) mass is 335 g/mol. The van der Waals surface area contributed by atoms with Crippen LogP contribution < -0.4 is 4.74 Å². The van der Waals surface area contributed by atoms with Crippen molar-refractivity contribution >= 4 is 18.4 Å². The third-order valence-electron chi connectivity index (χ3n) is 3.60. The van der Waals surface area contributed by atoms with E-state index in [2.05, 4.69) is 21.0 Å². The van der Waals surface area contributed by atoms with Crippen LogP contribution in [0.2, 0.25) is 0 Å². The van der Waals surface area contributed by atoms with Gasteiger partial charge >= 0.3 is 5.97 Å². The zero-order valence-corrected chi connectivity index (χ0v) is 13.4. The van der Waals surface area contributed by atoms with Gasteiger partial charge in [-0.2, -0.15) is 0 Å². The summed E-state index contributed by atoms with van der Waals surface area (Å²) in [5.74, 6) is -0.511. The highest BCUT2D eigenvalue weighted by Gasteiger charge is 2.11. The van der Waals surface area contributed by atoms with Crippen molar-refractivity contribution in [2.45, 2.75) is 0 Å². The van der Waals surface area contributed by atoms with E-state index < -0.39 is 5.97 Å². The number of fused-ring (bicyclic) bond motifs is 2. The molecule has 0 fully saturated rings. The van der Waals surface area contributed by atoms with Gasteiger partial charge in [-0.25, -0.2) is 9.79 Å². The van der Waals surface area contributed by atoms with E-state index in [4.69, 9.17) is 4.74 Å². The molecule has 2 aliphatic rings. The Morgan fingerprint density at radius 2 is 2.12 bits per heavy atom. The maximum absolute atomic E-state index is 11.3. The molecule has 0 atom stereocenters. The summed E-state index contributed by atoms with van der Waals surface area (Å²) in [6.45, 7) is 1.41. The topological polar surface area (TPSA) is 74.5 Å². The van der Waals surface area contributed by atoms with Crippen molar-refractivity contribution in [3.63, 3.8) is 0 Å². The van der Waals surface area contributed by atoms with E-state index in [9.17, 15) is 9.90 Å². The van der Waals surface area contributed by atoms with Crippen molar-refractivity contribution in [2.24, 2.45) is 9.98 Å². The van der Waals surface area contributed by atoms with E-state index in [1.165, 1.54) is 18.5 Å². The van der Waals surface area contributed by atoms with Gasteiger partial charge in [0.25, 0.3) is 0 Å². The van der Waals surface area contributed by atoms with Crippen LogP contribution in [0.4, 0.5) is 0 Å². The van der Waals surface area contributed by atoms with Crippen molar-refractivity contribution in [1.82, 2.24) is 4.90 Å². The zero-order valence-electron chi connectivity index (χ0n) is 13.4.